The van der Waals surface area contributed by atoms with E-state index in [2.05, 4.69) is 36.1 Å². The molecule has 0 aliphatic carbocycles. The third-order valence-corrected chi connectivity index (χ3v) is 10.4. The summed E-state index contributed by atoms with van der Waals surface area (Å²) >= 11 is 17.9. The van der Waals surface area contributed by atoms with Crippen LogP contribution in [0.15, 0.2) is 90.2 Å². The molecule has 0 amide bonds. The van der Waals surface area contributed by atoms with Crippen molar-refractivity contribution < 1.29 is 19.2 Å². The number of halogens is 3. The van der Waals surface area contributed by atoms with Crippen molar-refractivity contribution in [2.24, 2.45) is 4.99 Å². The van der Waals surface area contributed by atoms with Gasteiger partial charge in [-0.1, -0.05) is 46.7 Å². The second-order valence-electron chi connectivity index (χ2n) is 10.4. The van der Waals surface area contributed by atoms with Crippen LogP contribution >= 0.6 is 62.2 Å². The third kappa shape index (κ3) is 6.94. The Labute approximate surface area is 304 Å². The van der Waals surface area contributed by atoms with E-state index in [9.17, 15) is 19.7 Å². The minimum Gasteiger partial charge on any atom is -0.496 e. The van der Waals surface area contributed by atoms with Crippen molar-refractivity contribution in [3.63, 3.8) is 0 Å². The Morgan fingerprint density at radius 3 is 2.69 bits per heavy atom. The number of aromatic nitrogens is 4. The molecule has 49 heavy (non-hydrogen) atoms. The van der Waals surface area contributed by atoms with Gasteiger partial charge in [0.2, 0.25) is 5.16 Å². The van der Waals surface area contributed by atoms with Crippen LogP contribution in [-0.2, 0) is 9.53 Å². The molecular formula is C32H23BrCl2N6O6S2. The monoisotopic (exact) mass is 800 g/mol. The van der Waals surface area contributed by atoms with Crippen molar-refractivity contribution in [3.05, 3.63) is 121 Å². The standard InChI is InChI=1S/C32H23BrCl2N6O6S2/c1-4-47-30(43)26-15(2)36-32-40(27(26)17-6-9-23(46-3)20(33)13-17)29(42)25(49-32)12-16-5-10-24(22(11-16)41(44)45)48-31-37-28(38-39-31)19-8-7-18(34)14-21(19)35/h5-14,27H,4H2,1-3H3,(H,37,38,39)/b25-12+/t27-/m1/s1. The number of nitro benzene ring substituents is 1. The maximum atomic E-state index is 14.0. The molecule has 1 aliphatic heterocycles. The number of thiazole rings is 1. The van der Waals surface area contributed by atoms with Crippen molar-refractivity contribution in [1.82, 2.24) is 19.7 Å². The fraction of sp³-hybridized carbons (Fsp3) is 0.156. The van der Waals surface area contributed by atoms with Crippen molar-refractivity contribution >= 4 is 80.0 Å². The number of ether oxygens (including phenoxy) is 2. The van der Waals surface area contributed by atoms with Crippen LogP contribution < -0.4 is 19.6 Å². The van der Waals surface area contributed by atoms with E-state index in [1.165, 1.54) is 17.7 Å². The number of hydrogen-bond acceptors (Lipinski definition) is 11. The molecule has 0 saturated carbocycles. The van der Waals surface area contributed by atoms with Crippen LogP contribution in [0.4, 0.5) is 5.69 Å². The molecule has 0 bridgehead atoms. The minimum atomic E-state index is -0.846. The summed E-state index contributed by atoms with van der Waals surface area (Å²) in [4.78, 5) is 48.5. The minimum absolute atomic E-state index is 0.139. The summed E-state index contributed by atoms with van der Waals surface area (Å²) in [6.07, 6.45) is 1.56. The maximum absolute atomic E-state index is 14.0. The Hall–Kier alpha value is -4.28. The van der Waals surface area contributed by atoms with Gasteiger partial charge in [-0.25, -0.2) is 14.8 Å². The Morgan fingerprint density at radius 2 is 2.00 bits per heavy atom. The highest BCUT2D eigenvalue weighted by Crippen LogP contribution is 2.37. The van der Waals surface area contributed by atoms with Gasteiger partial charge in [0.25, 0.3) is 11.2 Å². The van der Waals surface area contributed by atoms with E-state index >= 15 is 0 Å². The van der Waals surface area contributed by atoms with Crippen LogP contribution in [0, 0.1) is 10.1 Å². The zero-order chi connectivity index (χ0) is 35.0. The summed E-state index contributed by atoms with van der Waals surface area (Å²) in [6.45, 7) is 3.53. The predicted octanol–water partition coefficient (Wildman–Crippen LogP) is 6.72. The zero-order valence-corrected chi connectivity index (χ0v) is 30.4. The quantitative estimate of drug-likeness (QED) is 0.0972. The predicted molar refractivity (Wildman–Crippen MR) is 190 cm³/mol. The molecular weight excluding hydrogens is 779 g/mol. The van der Waals surface area contributed by atoms with Crippen molar-refractivity contribution in [1.29, 1.82) is 0 Å². The number of allylic oxidation sites excluding steroid dienone is 1. The molecule has 17 heteroatoms. The number of carbonyl (C=O) groups excluding carboxylic acids is 1. The van der Waals surface area contributed by atoms with E-state index in [1.807, 2.05) is 0 Å². The van der Waals surface area contributed by atoms with E-state index in [0.717, 1.165) is 23.1 Å². The van der Waals surface area contributed by atoms with Crippen molar-refractivity contribution in [3.8, 4) is 17.1 Å². The molecule has 0 fully saturated rings. The van der Waals surface area contributed by atoms with E-state index in [1.54, 1.807) is 68.5 Å². The van der Waals surface area contributed by atoms with Crippen LogP contribution in [0.5, 0.6) is 5.75 Å². The average molecular weight is 803 g/mol. The van der Waals surface area contributed by atoms with E-state index in [-0.39, 0.29) is 32.5 Å². The summed E-state index contributed by atoms with van der Waals surface area (Å²) in [5.74, 6) is 0.362. The fourth-order valence-electron chi connectivity index (χ4n) is 5.16. The van der Waals surface area contributed by atoms with Crippen LogP contribution in [-0.4, -0.2) is 44.4 Å². The van der Waals surface area contributed by atoms with Gasteiger partial charge in [-0.05, 0) is 95.1 Å². The number of esters is 1. The highest BCUT2D eigenvalue weighted by atomic mass is 79.9. The molecule has 0 unspecified atom stereocenters. The van der Waals surface area contributed by atoms with Gasteiger partial charge in [0, 0.05) is 16.7 Å². The first-order valence-corrected chi connectivity index (χ1v) is 17.5. The topological polar surface area (TPSA) is 155 Å². The molecule has 0 spiro atoms. The van der Waals surface area contributed by atoms with Gasteiger partial charge in [-0.15, -0.1) is 5.10 Å². The second kappa shape index (κ2) is 14.3. The molecule has 1 aliphatic rings. The first-order valence-electron chi connectivity index (χ1n) is 14.4. The van der Waals surface area contributed by atoms with E-state index in [0.29, 0.717) is 53.3 Å². The molecule has 12 nitrogen and oxygen atoms in total. The molecule has 3 aromatic carbocycles. The maximum Gasteiger partial charge on any atom is 0.338 e. The van der Waals surface area contributed by atoms with Crippen LogP contribution in [0.3, 0.4) is 0 Å². The van der Waals surface area contributed by atoms with Crippen molar-refractivity contribution in [2.75, 3.05) is 13.7 Å². The number of nitro groups is 1. The number of benzene rings is 3. The fourth-order valence-corrected chi connectivity index (χ4v) is 8.06. The van der Waals surface area contributed by atoms with Crippen LogP contribution in [0.1, 0.15) is 31.0 Å². The van der Waals surface area contributed by atoms with Gasteiger partial charge in [0.05, 0.1) is 54.9 Å². The van der Waals surface area contributed by atoms with E-state index < -0.39 is 22.5 Å². The Morgan fingerprint density at radius 1 is 1.20 bits per heavy atom. The van der Waals surface area contributed by atoms with Gasteiger partial charge in [-0.3, -0.25) is 24.6 Å². The van der Waals surface area contributed by atoms with Gasteiger partial charge in [0.1, 0.15) is 5.75 Å². The lowest BCUT2D eigenvalue weighted by Gasteiger charge is -2.25. The molecule has 1 N–H and O–H groups in total. The molecule has 5 aromatic rings. The first kappa shape index (κ1) is 34.6. The van der Waals surface area contributed by atoms with E-state index in [4.69, 9.17) is 32.7 Å². The normalized spacial score (nSPS) is 14.4. The van der Waals surface area contributed by atoms with Crippen molar-refractivity contribution in [2.45, 2.75) is 29.9 Å². The number of nitrogens with zero attached hydrogens (tertiary/aromatic N) is 5. The number of aromatic amines is 1. The number of carbonyl (C=O) groups is 1. The number of H-pyrrole nitrogens is 1. The van der Waals surface area contributed by atoms with Gasteiger partial charge in [0.15, 0.2) is 10.6 Å². The molecule has 0 saturated heterocycles. The Kier molecular flexibility index (Phi) is 10.1. The summed E-state index contributed by atoms with van der Waals surface area (Å²) in [7, 11) is 1.54. The molecule has 250 valence electrons. The molecule has 2 aromatic heterocycles. The number of fused-ring (bicyclic) bond motifs is 1. The summed E-state index contributed by atoms with van der Waals surface area (Å²) < 4.78 is 13.1. The van der Waals surface area contributed by atoms with Gasteiger partial charge >= 0.3 is 5.97 Å². The summed E-state index contributed by atoms with van der Waals surface area (Å²) in [6, 6.07) is 14.0. The first-order chi connectivity index (χ1) is 23.5. The molecule has 0 radical (unpaired) electrons. The average Bonchev–Trinajstić information content (AvgIpc) is 3.64. The number of rotatable bonds is 9. The highest BCUT2D eigenvalue weighted by molar-refractivity contribution is 9.10. The smallest absolute Gasteiger partial charge is 0.338 e. The molecule has 1 atom stereocenters. The SMILES string of the molecule is CCOC(=O)C1=C(C)N=c2s/c(=C/c3ccc(Sc4n[nH]c(-c5ccc(Cl)cc5Cl)n4)c([N+](=O)[O-])c3)c(=O)n2[C@@H]1c1ccc(OC)c(Br)c1. The van der Waals surface area contributed by atoms with Crippen LogP contribution in [0.2, 0.25) is 10.0 Å². The van der Waals surface area contributed by atoms with Crippen LogP contribution in [0.25, 0.3) is 17.5 Å². The lowest BCUT2D eigenvalue weighted by molar-refractivity contribution is -0.387. The number of nitrogens with one attached hydrogen (secondary N) is 1. The summed E-state index contributed by atoms with van der Waals surface area (Å²) in [5, 5.41) is 20.2. The second-order valence-corrected chi connectivity index (χ2v) is 14.1. The lowest BCUT2D eigenvalue weighted by atomic mass is 9.96. The Balaban J connectivity index is 1.39. The van der Waals surface area contributed by atoms with Gasteiger partial charge in [-0.2, -0.15) is 0 Å². The number of methoxy groups -OCH3 is 1. The Bertz CT molecular complexity index is 2370. The molecule has 3 heterocycles. The third-order valence-electron chi connectivity index (χ3n) is 7.34. The lowest BCUT2D eigenvalue weighted by Crippen LogP contribution is -2.40. The molecule has 6 rings (SSSR count). The van der Waals surface area contributed by atoms with Gasteiger partial charge < -0.3 is 9.47 Å². The highest BCUT2D eigenvalue weighted by Gasteiger charge is 2.33. The largest absolute Gasteiger partial charge is 0.496 e. The number of hydrogen-bond donors (Lipinski definition) is 1. The summed E-state index contributed by atoms with van der Waals surface area (Å²) in [5.41, 5.74) is 1.62. The zero-order valence-electron chi connectivity index (χ0n) is 25.7.